The van der Waals surface area contributed by atoms with Gasteiger partial charge in [-0.05, 0) is 65.4 Å². The van der Waals surface area contributed by atoms with E-state index in [0.29, 0.717) is 11.9 Å². The molecule has 0 unspecified atom stereocenters. The standard InChI is InChI=1S/C23H17BrN2O2/c1-14-18(5-3-6-19(14)20-7-4-8-21(24)15(20)2)16-9-10-26-22(11-16)25-12-17(13-27)23(26)28/h3-13H,1-2H3. The van der Waals surface area contributed by atoms with Gasteiger partial charge in [0.15, 0.2) is 6.29 Å². The van der Waals surface area contributed by atoms with Gasteiger partial charge in [0.25, 0.3) is 5.56 Å². The van der Waals surface area contributed by atoms with Crippen molar-refractivity contribution < 1.29 is 4.79 Å². The molecule has 0 N–H and O–H groups in total. The van der Waals surface area contributed by atoms with Gasteiger partial charge in [-0.25, -0.2) is 4.98 Å². The van der Waals surface area contributed by atoms with Crippen molar-refractivity contribution in [3.8, 4) is 22.3 Å². The first-order valence-corrected chi connectivity index (χ1v) is 9.62. The molecular formula is C23H17BrN2O2. The first kappa shape index (κ1) is 18.3. The molecule has 0 aliphatic rings. The lowest BCUT2D eigenvalue weighted by molar-refractivity contribution is 0.112. The molecule has 0 fully saturated rings. The van der Waals surface area contributed by atoms with Gasteiger partial charge in [-0.2, -0.15) is 0 Å². The van der Waals surface area contributed by atoms with E-state index in [1.165, 1.54) is 21.7 Å². The quantitative estimate of drug-likeness (QED) is 0.417. The molecule has 0 atom stereocenters. The maximum Gasteiger partial charge on any atom is 0.268 e. The summed E-state index contributed by atoms with van der Waals surface area (Å²) < 4.78 is 2.47. The Hall–Kier alpha value is -3.05. The molecule has 2 aromatic heterocycles. The molecule has 4 aromatic rings. The van der Waals surface area contributed by atoms with Crippen LogP contribution in [-0.2, 0) is 0 Å². The molecule has 2 aromatic carbocycles. The zero-order valence-electron chi connectivity index (χ0n) is 15.4. The molecule has 4 rings (SSSR count). The smallest absolute Gasteiger partial charge is 0.268 e. The lowest BCUT2D eigenvalue weighted by Gasteiger charge is -2.15. The van der Waals surface area contributed by atoms with Gasteiger partial charge in [0.2, 0.25) is 0 Å². The minimum Gasteiger partial charge on any atom is -0.298 e. The summed E-state index contributed by atoms with van der Waals surface area (Å²) in [6, 6.07) is 16.2. The van der Waals surface area contributed by atoms with Gasteiger partial charge in [-0.15, -0.1) is 0 Å². The van der Waals surface area contributed by atoms with Gasteiger partial charge in [0, 0.05) is 16.9 Å². The molecule has 0 bridgehead atoms. The fourth-order valence-electron chi connectivity index (χ4n) is 3.48. The van der Waals surface area contributed by atoms with Gasteiger partial charge in [0.1, 0.15) is 5.65 Å². The van der Waals surface area contributed by atoms with Gasteiger partial charge >= 0.3 is 0 Å². The Labute approximate surface area is 170 Å². The summed E-state index contributed by atoms with van der Waals surface area (Å²) in [5.41, 5.74) is 6.94. The van der Waals surface area contributed by atoms with Crippen molar-refractivity contribution in [2.24, 2.45) is 0 Å². The third-order valence-corrected chi connectivity index (χ3v) is 5.92. The van der Waals surface area contributed by atoms with Crippen molar-refractivity contribution in [1.29, 1.82) is 0 Å². The summed E-state index contributed by atoms with van der Waals surface area (Å²) in [5.74, 6) is 0. The van der Waals surface area contributed by atoms with E-state index in [2.05, 4.69) is 53.0 Å². The van der Waals surface area contributed by atoms with Crippen LogP contribution in [0.4, 0.5) is 0 Å². The molecule has 138 valence electrons. The zero-order chi connectivity index (χ0) is 19.8. The molecular weight excluding hydrogens is 416 g/mol. The second-order valence-corrected chi connectivity index (χ2v) is 7.53. The van der Waals surface area contributed by atoms with E-state index in [0.717, 1.165) is 26.7 Å². The Morgan fingerprint density at radius 1 is 0.964 bits per heavy atom. The van der Waals surface area contributed by atoms with Crippen LogP contribution < -0.4 is 5.56 Å². The first-order valence-electron chi connectivity index (χ1n) is 8.83. The zero-order valence-corrected chi connectivity index (χ0v) is 17.0. The molecule has 0 radical (unpaired) electrons. The predicted octanol–water partition coefficient (Wildman–Crippen LogP) is 5.22. The Balaban J connectivity index is 1.90. The van der Waals surface area contributed by atoms with Crippen molar-refractivity contribution in [2.45, 2.75) is 13.8 Å². The van der Waals surface area contributed by atoms with Crippen LogP contribution in [0.3, 0.4) is 0 Å². The summed E-state index contributed by atoms with van der Waals surface area (Å²) in [6.45, 7) is 4.20. The molecule has 28 heavy (non-hydrogen) atoms. The number of fused-ring (bicyclic) bond motifs is 1. The number of hydrogen-bond acceptors (Lipinski definition) is 3. The minimum atomic E-state index is -0.359. The van der Waals surface area contributed by atoms with Crippen LogP contribution in [0.25, 0.3) is 27.9 Å². The number of aromatic nitrogens is 2. The number of carbonyl (C=O) groups excluding carboxylic acids is 1. The Morgan fingerprint density at radius 2 is 1.64 bits per heavy atom. The molecule has 0 aliphatic carbocycles. The lowest BCUT2D eigenvalue weighted by Crippen LogP contribution is -2.18. The number of rotatable bonds is 3. The fraction of sp³-hybridized carbons (Fsp3) is 0.0870. The normalized spacial score (nSPS) is 11.0. The maximum absolute atomic E-state index is 12.3. The Bertz CT molecular complexity index is 1290. The molecule has 0 saturated carbocycles. The van der Waals surface area contributed by atoms with Crippen molar-refractivity contribution in [1.82, 2.24) is 9.38 Å². The van der Waals surface area contributed by atoms with E-state index in [1.54, 1.807) is 6.20 Å². The highest BCUT2D eigenvalue weighted by molar-refractivity contribution is 9.10. The highest BCUT2D eigenvalue weighted by Crippen LogP contribution is 2.35. The van der Waals surface area contributed by atoms with Gasteiger partial charge in [0.05, 0.1) is 5.56 Å². The van der Waals surface area contributed by atoms with Crippen molar-refractivity contribution in [3.63, 3.8) is 0 Å². The SMILES string of the molecule is Cc1c(Br)cccc1-c1cccc(-c2ccn3c(=O)c(C=O)cnc3c2)c1C. The summed E-state index contributed by atoms with van der Waals surface area (Å²) in [5, 5.41) is 0. The Morgan fingerprint density at radius 3 is 2.39 bits per heavy atom. The molecule has 0 saturated heterocycles. The molecule has 4 nitrogen and oxygen atoms in total. The number of halogens is 1. The predicted molar refractivity (Wildman–Crippen MR) is 115 cm³/mol. The third kappa shape index (κ3) is 2.98. The molecule has 0 aliphatic heterocycles. The number of pyridine rings is 1. The summed E-state index contributed by atoms with van der Waals surface area (Å²) in [6.07, 6.45) is 3.52. The highest BCUT2D eigenvalue weighted by atomic mass is 79.9. The monoisotopic (exact) mass is 432 g/mol. The topological polar surface area (TPSA) is 51.4 Å². The van der Waals surface area contributed by atoms with Crippen molar-refractivity contribution in [2.75, 3.05) is 0 Å². The van der Waals surface area contributed by atoms with Crippen molar-refractivity contribution >= 4 is 27.9 Å². The molecule has 0 spiro atoms. The summed E-state index contributed by atoms with van der Waals surface area (Å²) in [4.78, 5) is 27.5. The lowest BCUT2D eigenvalue weighted by atomic mass is 9.91. The van der Waals surface area contributed by atoms with Crippen LogP contribution >= 0.6 is 15.9 Å². The summed E-state index contributed by atoms with van der Waals surface area (Å²) in [7, 11) is 0. The van der Waals surface area contributed by atoms with Crippen LogP contribution in [0.1, 0.15) is 21.5 Å². The van der Waals surface area contributed by atoms with Gasteiger partial charge in [-0.1, -0.05) is 46.3 Å². The van der Waals surface area contributed by atoms with E-state index in [-0.39, 0.29) is 11.1 Å². The average Bonchev–Trinajstić information content (AvgIpc) is 2.71. The second-order valence-electron chi connectivity index (χ2n) is 6.67. The fourth-order valence-corrected chi connectivity index (χ4v) is 3.84. The van der Waals surface area contributed by atoms with Crippen LogP contribution in [0, 0.1) is 13.8 Å². The van der Waals surface area contributed by atoms with E-state index in [1.807, 2.05) is 30.3 Å². The molecule has 0 amide bonds. The van der Waals surface area contributed by atoms with Crippen LogP contribution in [0.5, 0.6) is 0 Å². The highest BCUT2D eigenvalue weighted by Gasteiger charge is 2.12. The van der Waals surface area contributed by atoms with Gasteiger partial charge in [-0.3, -0.25) is 14.0 Å². The number of carbonyl (C=O) groups is 1. The second kappa shape index (κ2) is 7.17. The van der Waals surface area contributed by atoms with E-state index >= 15 is 0 Å². The van der Waals surface area contributed by atoms with Crippen LogP contribution in [0.2, 0.25) is 0 Å². The average molecular weight is 433 g/mol. The third-order valence-electron chi connectivity index (χ3n) is 5.07. The van der Waals surface area contributed by atoms with E-state index in [9.17, 15) is 9.59 Å². The van der Waals surface area contributed by atoms with Crippen molar-refractivity contribution in [3.05, 3.63) is 92.4 Å². The number of nitrogens with zero attached hydrogens (tertiary/aromatic N) is 2. The number of benzene rings is 2. The first-order chi connectivity index (χ1) is 13.5. The maximum atomic E-state index is 12.3. The Kier molecular flexibility index (Phi) is 4.69. The van der Waals surface area contributed by atoms with Crippen LogP contribution in [0.15, 0.2) is 70.2 Å². The van der Waals surface area contributed by atoms with Crippen LogP contribution in [-0.4, -0.2) is 15.7 Å². The largest absolute Gasteiger partial charge is 0.298 e. The van der Waals surface area contributed by atoms with E-state index < -0.39 is 0 Å². The van der Waals surface area contributed by atoms with Gasteiger partial charge < -0.3 is 0 Å². The molecule has 5 heteroatoms. The number of hydrogen-bond donors (Lipinski definition) is 0. The number of aldehydes is 1. The molecule has 2 heterocycles. The summed E-state index contributed by atoms with van der Waals surface area (Å²) >= 11 is 3.61. The van der Waals surface area contributed by atoms with E-state index in [4.69, 9.17) is 0 Å². The minimum absolute atomic E-state index is 0.0496.